The van der Waals surface area contributed by atoms with Crippen LogP contribution in [0.5, 0.6) is 0 Å². The lowest BCUT2D eigenvalue weighted by atomic mass is 10.1. The maximum Gasteiger partial charge on any atom is 0.261 e. The predicted octanol–water partition coefficient (Wildman–Crippen LogP) is 1.40. The Bertz CT molecular complexity index is 1320. The molecule has 0 radical (unpaired) electrons. The summed E-state index contributed by atoms with van der Waals surface area (Å²) in [5.41, 5.74) is 0.812. The standard InChI is InChI=1S/C24H29ClN4O7S2/c1-15-13-35-10-8-28(15)24(32)17(12-26-23(31)19-6-7-21(25)37-19)27-38(33,34)20-5-3-4-18(16(20)2)29-9-11-36-14-22(29)30/h3-7,15,17,27H,8-14H2,1-2H3,(H,26,31)/t15-,17-/m0/s1. The van der Waals surface area contributed by atoms with E-state index in [-0.39, 0.29) is 30.0 Å². The summed E-state index contributed by atoms with van der Waals surface area (Å²) < 4.78 is 40.7. The second-order valence-electron chi connectivity index (χ2n) is 8.94. The van der Waals surface area contributed by atoms with Gasteiger partial charge in [-0.1, -0.05) is 17.7 Å². The number of morpholine rings is 2. The van der Waals surface area contributed by atoms with Gasteiger partial charge >= 0.3 is 0 Å². The van der Waals surface area contributed by atoms with Crippen molar-refractivity contribution in [2.24, 2.45) is 0 Å². The van der Waals surface area contributed by atoms with Gasteiger partial charge in [-0.15, -0.1) is 11.3 Å². The van der Waals surface area contributed by atoms with Crippen LogP contribution >= 0.6 is 22.9 Å². The van der Waals surface area contributed by atoms with Crippen LogP contribution in [0.15, 0.2) is 35.2 Å². The number of amides is 3. The minimum absolute atomic E-state index is 0.0708. The number of hydrogen-bond acceptors (Lipinski definition) is 8. The number of thiophene rings is 1. The lowest BCUT2D eigenvalue weighted by molar-refractivity contribution is -0.140. The molecule has 3 amide bonds. The van der Waals surface area contributed by atoms with Crippen LogP contribution in [0.3, 0.4) is 0 Å². The highest BCUT2D eigenvalue weighted by molar-refractivity contribution is 7.89. The molecule has 2 atom stereocenters. The van der Waals surface area contributed by atoms with Gasteiger partial charge < -0.3 is 24.6 Å². The van der Waals surface area contributed by atoms with E-state index >= 15 is 0 Å². The predicted molar refractivity (Wildman–Crippen MR) is 142 cm³/mol. The minimum Gasteiger partial charge on any atom is -0.377 e. The average Bonchev–Trinajstić information content (AvgIpc) is 3.33. The summed E-state index contributed by atoms with van der Waals surface area (Å²) in [6, 6.07) is 6.20. The summed E-state index contributed by atoms with van der Waals surface area (Å²) in [4.78, 5) is 41.8. The molecule has 4 rings (SSSR count). The lowest BCUT2D eigenvalue weighted by Gasteiger charge is -2.36. The van der Waals surface area contributed by atoms with E-state index in [1.807, 2.05) is 6.92 Å². The first-order chi connectivity index (χ1) is 18.1. The number of ether oxygens (including phenoxy) is 2. The topological polar surface area (TPSA) is 134 Å². The van der Waals surface area contributed by atoms with E-state index in [0.717, 1.165) is 11.3 Å². The molecule has 0 aliphatic carbocycles. The van der Waals surface area contributed by atoms with Crippen molar-refractivity contribution in [3.63, 3.8) is 0 Å². The van der Waals surface area contributed by atoms with Crippen molar-refractivity contribution >= 4 is 56.4 Å². The molecule has 2 aliphatic rings. The maximum absolute atomic E-state index is 13.6. The van der Waals surface area contributed by atoms with Crippen LogP contribution in [0.2, 0.25) is 4.34 Å². The van der Waals surface area contributed by atoms with E-state index < -0.39 is 27.9 Å². The number of nitrogens with one attached hydrogen (secondary N) is 2. The molecule has 38 heavy (non-hydrogen) atoms. The second kappa shape index (κ2) is 12.1. The number of nitrogens with zero attached hydrogens (tertiary/aromatic N) is 2. The highest BCUT2D eigenvalue weighted by Crippen LogP contribution is 2.28. The van der Waals surface area contributed by atoms with Crippen LogP contribution in [0, 0.1) is 6.92 Å². The third kappa shape index (κ3) is 6.35. The van der Waals surface area contributed by atoms with Gasteiger partial charge in [-0.25, -0.2) is 8.42 Å². The molecule has 0 saturated carbocycles. The quantitative estimate of drug-likeness (QED) is 0.479. The van der Waals surface area contributed by atoms with Crippen molar-refractivity contribution in [1.82, 2.24) is 14.9 Å². The normalized spacial score (nSPS) is 19.3. The summed E-state index contributed by atoms with van der Waals surface area (Å²) in [5.74, 6) is -1.23. The molecule has 0 bridgehead atoms. The monoisotopic (exact) mass is 584 g/mol. The van der Waals surface area contributed by atoms with Gasteiger partial charge in [0.1, 0.15) is 12.6 Å². The fourth-order valence-corrected chi connectivity index (χ4v) is 6.77. The number of anilines is 1. The molecule has 1 aromatic carbocycles. The number of benzene rings is 1. The summed E-state index contributed by atoms with van der Waals surface area (Å²) in [6.45, 7) is 4.62. The average molecular weight is 585 g/mol. The van der Waals surface area contributed by atoms with Crippen molar-refractivity contribution in [3.05, 3.63) is 45.1 Å². The second-order valence-corrected chi connectivity index (χ2v) is 12.3. The molecule has 2 N–H and O–H groups in total. The Morgan fingerprint density at radius 2 is 1.95 bits per heavy atom. The molecule has 0 spiro atoms. The van der Waals surface area contributed by atoms with E-state index in [2.05, 4.69) is 10.0 Å². The summed E-state index contributed by atoms with van der Waals surface area (Å²) in [5, 5.41) is 2.65. The molecule has 3 heterocycles. The first-order valence-corrected chi connectivity index (χ1v) is 14.7. The molecule has 206 valence electrons. The first kappa shape index (κ1) is 28.5. The van der Waals surface area contributed by atoms with Crippen molar-refractivity contribution in [3.8, 4) is 0 Å². The Balaban J connectivity index is 1.60. The molecule has 2 fully saturated rings. The van der Waals surface area contributed by atoms with Crippen molar-refractivity contribution in [2.75, 3.05) is 51.0 Å². The van der Waals surface area contributed by atoms with Crippen molar-refractivity contribution < 1.29 is 32.3 Å². The van der Waals surface area contributed by atoms with Gasteiger partial charge in [0.15, 0.2) is 0 Å². The fraction of sp³-hybridized carbons (Fsp3) is 0.458. The molecule has 0 unspecified atom stereocenters. The van der Waals surface area contributed by atoms with E-state index in [1.54, 1.807) is 36.1 Å². The molecular weight excluding hydrogens is 556 g/mol. The molecule has 1 aromatic heterocycles. The van der Waals surface area contributed by atoms with E-state index in [9.17, 15) is 22.8 Å². The Kier molecular flexibility index (Phi) is 9.06. The Morgan fingerprint density at radius 3 is 2.63 bits per heavy atom. The number of hydrogen-bond donors (Lipinski definition) is 2. The highest BCUT2D eigenvalue weighted by Gasteiger charge is 2.34. The van der Waals surface area contributed by atoms with Gasteiger partial charge in [0.25, 0.3) is 11.8 Å². The van der Waals surface area contributed by atoms with Crippen LogP contribution in [0.1, 0.15) is 22.2 Å². The van der Waals surface area contributed by atoms with Gasteiger partial charge in [-0.2, -0.15) is 4.72 Å². The van der Waals surface area contributed by atoms with Crippen molar-refractivity contribution in [2.45, 2.75) is 30.8 Å². The highest BCUT2D eigenvalue weighted by atomic mass is 35.5. The number of rotatable bonds is 8. The lowest BCUT2D eigenvalue weighted by Crippen LogP contribution is -2.58. The Hall–Kier alpha value is -2.55. The molecular formula is C24H29ClN4O7S2. The van der Waals surface area contributed by atoms with Crippen LogP contribution in [-0.4, -0.2) is 89.2 Å². The third-order valence-corrected chi connectivity index (χ3v) is 9.18. The largest absolute Gasteiger partial charge is 0.377 e. The minimum atomic E-state index is -4.25. The zero-order valence-corrected chi connectivity index (χ0v) is 23.3. The third-order valence-electron chi connectivity index (χ3n) is 6.33. The van der Waals surface area contributed by atoms with E-state index in [1.165, 1.54) is 11.0 Å². The van der Waals surface area contributed by atoms with Gasteiger partial charge in [-0.05, 0) is 43.7 Å². The zero-order valence-electron chi connectivity index (χ0n) is 20.9. The van der Waals surface area contributed by atoms with Crippen LogP contribution in [0.25, 0.3) is 0 Å². The van der Waals surface area contributed by atoms with Gasteiger partial charge in [0, 0.05) is 25.3 Å². The smallest absolute Gasteiger partial charge is 0.261 e. The van der Waals surface area contributed by atoms with Crippen LogP contribution in [0.4, 0.5) is 5.69 Å². The van der Waals surface area contributed by atoms with Crippen LogP contribution < -0.4 is 14.9 Å². The Labute approximate surface area is 230 Å². The first-order valence-electron chi connectivity index (χ1n) is 12.0. The zero-order chi connectivity index (χ0) is 27.4. The molecule has 11 nitrogen and oxygen atoms in total. The van der Waals surface area contributed by atoms with Gasteiger partial charge in [-0.3, -0.25) is 14.4 Å². The van der Waals surface area contributed by atoms with Crippen molar-refractivity contribution in [1.29, 1.82) is 0 Å². The number of carbonyl (C=O) groups is 3. The molecule has 2 aromatic rings. The summed E-state index contributed by atoms with van der Waals surface area (Å²) >= 11 is 7.00. The fourth-order valence-electron chi connectivity index (χ4n) is 4.36. The molecule has 14 heteroatoms. The van der Waals surface area contributed by atoms with E-state index in [0.29, 0.717) is 53.4 Å². The van der Waals surface area contributed by atoms with Gasteiger partial charge in [0.2, 0.25) is 15.9 Å². The van der Waals surface area contributed by atoms with E-state index in [4.69, 9.17) is 21.1 Å². The number of sulfonamides is 1. The number of halogens is 1. The van der Waals surface area contributed by atoms with Crippen LogP contribution in [-0.2, 0) is 29.1 Å². The summed E-state index contributed by atoms with van der Waals surface area (Å²) in [7, 11) is -4.25. The number of carbonyl (C=O) groups excluding carboxylic acids is 3. The molecule has 2 aliphatic heterocycles. The maximum atomic E-state index is 13.6. The van der Waals surface area contributed by atoms with Gasteiger partial charge in [0.05, 0.1) is 40.0 Å². The Morgan fingerprint density at radius 1 is 1.18 bits per heavy atom. The SMILES string of the molecule is Cc1c(N2CCOCC2=O)cccc1S(=O)(=O)N[C@@H](CNC(=O)c1ccc(Cl)s1)C(=O)N1CCOC[C@@H]1C. The summed E-state index contributed by atoms with van der Waals surface area (Å²) in [6.07, 6.45) is 0. The molecule has 2 saturated heterocycles.